The number of aliphatic imine (C=N–C) groups is 1. The Morgan fingerprint density at radius 1 is 1.43 bits per heavy atom. The van der Waals surface area contributed by atoms with Gasteiger partial charge in [-0.1, -0.05) is 19.9 Å². The highest BCUT2D eigenvalue weighted by Gasteiger charge is 2.04. The molecule has 1 aromatic carbocycles. The predicted molar refractivity (Wildman–Crippen MR) is 95.8 cm³/mol. The fourth-order valence-corrected chi connectivity index (χ4v) is 1.64. The van der Waals surface area contributed by atoms with Gasteiger partial charge in [-0.15, -0.1) is 24.0 Å². The van der Waals surface area contributed by atoms with E-state index in [0.717, 1.165) is 18.5 Å². The number of hydrogen-bond donors (Lipinski definition) is 2. The number of nitrogens with one attached hydrogen (secondary N) is 1. The number of rotatable bonds is 7. The van der Waals surface area contributed by atoms with Gasteiger partial charge in [-0.25, -0.2) is 9.38 Å². The molecule has 0 aromatic heterocycles. The number of benzene rings is 1. The summed E-state index contributed by atoms with van der Waals surface area (Å²) in [5.74, 6) is 0.907. The van der Waals surface area contributed by atoms with Crippen LogP contribution >= 0.6 is 24.0 Å². The minimum Gasteiger partial charge on any atom is -0.491 e. The van der Waals surface area contributed by atoms with Crippen molar-refractivity contribution in [3.63, 3.8) is 0 Å². The van der Waals surface area contributed by atoms with Crippen molar-refractivity contribution in [1.82, 2.24) is 5.32 Å². The molecule has 0 bridgehead atoms. The van der Waals surface area contributed by atoms with Gasteiger partial charge in [-0.3, -0.25) is 0 Å². The van der Waals surface area contributed by atoms with Crippen LogP contribution in [-0.4, -0.2) is 19.1 Å². The summed E-state index contributed by atoms with van der Waals surface area (Å²) in [7, 11) is 0. The first kappa shape index (κ1) is 19.9. The van der Waals surface area contributed by atoms with Crippen molar-refractivity contribution in [2.45, 2.75) is 33.7 Å². The summed E-state index contributed by atoms with van der Waals surface area (Å²) >= 11 is 0. The Hall–Kier alpha value is -1.05. The molecule has 0 aliphatic rings. The molecule has 1 rings (SSSR count). The monoisotopic (exact) mass is 409 g/mol. The van der Waals surface area contributed by atoms with E-state index in [0.29, 0.717) is 25.0 Å². The summed E-state index contributed by atoms with van der Waals surface area (Å²) in [6.07, 6.45) is 1.04. The number of ether oxygens (including phenoxy) is 1. The fourth-order valence-electron chi connectivity index (χ4n) is 1.64. The van der Waals surface area contributed by atoms with Crippen molar-refractivity contribution >= 4 is 29.9 Å². The molecule has 0 spiro atoms. The maximum absolute atomic E-state index is 13.6. The van der Waals surface area contributed by atoms with Crippen molar-refractivity contribution in [2.75, 3.05) is 13.2 Å². The Morgan fingerprint density at radius 2 is 2.14 bits per heavy atom. The zero-order chi connectivity index (χ0) is 15.0. The number of nitrogens with zero attached hydrogens (tertiary/aromatic N) is 1. The predicted octanol–water partition coefficient (Wildman–Crippen LogP) is 3.29. The quantitative estimate of drug-likeness (QED) is 0.413. The first-order chi connectivity index (χ1) is 9.52. The first-order valence-electron chi connectivity index (χ1n) is 6.98. The van der Waals surface area contributed by atoms with Crippen LogP contribution in [0.4, 0.5) is 4.39 Å². The van der Waals surface area contributed by atoms with Crippen LogP contribution in [0.3, 0.4) is 0 Å². The SMILES string of the molecule is CCOc1ccc(CN=C(N)NCCC(C)C)cc1F.I. The number of guanidine groups is 1. The molecule has 0 aliphatic heterocycles. The van der Waals surface area contributed by atoms with Crippen LogP contribution in [0, 0.1) is 11.7 Å². The molecular weight excluding hydrogens is 384 g/mol. The van der Waals surface area contributed by atoms with Crippen molar-refractivity contribution in [3.8, 4) is 5.75 Å². The summed E-state index contributed by atoms with van der Waals surface area (Å²) in [6, 6.07) is 4.83. The third-order valence-electron chi connectivity index (χ3n) is 2.76. The van der Waals surface area contributed by atoms with E-state index in [1.54, 1.807) is 12.1 Å². The van der Waals surface area contributed by atoms with Crippen LogP contribution in [0.5, 0.6) is 5.75 Å². The van der Waals surface area contributed by atoms with Crippen molar-refractivity contribution in [3.05, 3.63) is 29.6 Å². The van der Waals surface area contributed by atoms with Gasteiger partial charge >= 0.3 is 0 Å². The van der Waals surface area contributed by atoms with E-state index >= 15 is 0 Å². The van der Waals surface area contributed by atoms with Crippen molar-refractivity contribution < 1.29 is 9.13 Å². The van der Waals surface area contributed by atoms with E-state index in [1.807, 2.05) is 6.92 Å². The third-order valence-corrected chi connectivity index (χ3v) is 2.76. The maximum Gasteiger partial charge on any atom is 0.188 e. The van der Waals surface area contributed by atoms with Gasteiger partial charge in [-0.2, -0.15) is 0 Å². The second-order valence-corrected chi connectivity index (χ2v) is 5.01. The fraction of sp³-hybridized carbons (Fsp3) is 0.533. The van der Waals surface area contributed by atoms with Gasteiger partial charge in [0.25, 0.3) is 0 Å². The second kappa shape index (κ2) is 10.6. The lowest BCUT2D eigenvalue weighted by molar-refractivity contribution is 0.321. The third kappa shape index (κ3) is 8.08. The van der Waals surface area contributed by atoms with Crippen LogP contribution in [0.2, 0.25) is 0 Å². The number of hydrogen-bond acceptors (Lipinski definition) is 2. The lowest BCUT2D eigenvalue weighted by Gasteiger charge is -2.08. The minimum atomic E-state index is -0.370. The molecule has 0 aliphatic carbocycles. The van der Waals surface area contributed by atoms with Crippen LogP contribution < -0.4 is 15.8 Å². The van der Waals surface area contributed by atoms with Crippen LogP contribution in [0.15, 0.2) is 23.2 Å². The summed E-state index contributed by atoms with van der Waals surface area (Å²) in [5.41, 5.74) is 6.51. The van der Waals surface area contributed by atoms with E-state index in [-0.39, 0.29) is 35.5 Å². The van der Waals surface area contributed by atoms with E-state index in [1.165, 1.54) is 6.07 Å². The Bertz CT molecular complexity index is 453. The highest BCUT2D eigenvalue weighted by atomic mass is 127. The molecule has 1 aromatic rings. The van der Waals surface area contributed by atoms with Gasteiger partial charge in [0.05, 0.1) is 13.2 Å². The second-order valence-electron chi connectivity index (χ2n) is 5.01. The van der Waals surface area contributed by atoms with Crippen LogP contribution in [-0.2, 0) is 6.54 Å². The molecule has 0 atom stereocenters. The van der Waals surface area contributed by atoms with E-state index in [2.05, 4.69) is 24.2 Å². The Kier molecular flexibility index (Phi) is 10.1. The molecule has 0 saturated carbocycles. The molecule has 0 unspecified atom stereocenters. The maximum atomic E-state index is 13.6. The van der Waals surface area contributed by atoms with Gasteiger partial charge in [0, 0.05) is 6.54 Å². The van der Waals surface area contributed by atoms with E-state index in [9.17, 15) is 4.39 Å². The zero-order valence-corrected chi connectivity index (χ0v) is 15.2. The molecular formula is C15H25FIN3O. The van der Waals surface area contributed by atoms with Gasteiger partial charge < -0.3 is 15.8 Å². The number of nitrogens with two attached hydrogens (primary N) is 1. The first-order valence-corrected chi connectivity index (χ1v) is 6.98. The normalized spacial score (nSPS) is 11.2. The van der Waals surface area contributed by atoms with Crippen molar-refractivity contribution in [1.29, 1.82) is 0 Å². The van der Waals surface area contributed by atoms with Crippen LogP contribution in [0.1, 0.15) is 32.8 Å². The molecule has 120 valence electrons. The lowest BCUT2D eigenvalue weighted by atomic mass is 10.1. The largest absolute Gasteiger partial charge is 0.491 e. The average Bonchev–Trinajstić information content (AvgIpc) is 2.39. The molecule has 6 heteroatoms. The van der Waals surface area contributed by atoms with Crippen molar-refractivity contribution in [2.24, 2.45) is 16.6 Å². The smallest absolute Gasteiger partial charge is 0.188 e. The Balaban J connectivity index is 0.00000400. The summed E-state index contributed by atoms with van der Waals surface area (Å²) in [5, 5.41) is 3.04. The van der Waals surface area contributed by atoms with Gasteiger partial charge in [0.2, 0.25) is 0 Å². The topological polar surface area (TPSA) is 59.6 Å². The molecule has 4 nitrogen and oxygen atoms in total. The Labute approximate surface area is 143 Å². The molecule has 21 heavy (non-hydrogen) atoms. The standard InChI is InChI=1S/C15H24FN3O.HI/c1-4-20-14-6-5-12(9-13(14)16)10-19-15(17)18-8-7-11(2)3;/h5-6,9,11H,4,7-8,10H2,1-3H3,(H3,17,18,19);1H. The molecule has 0 saturated heterocycles. The molecule has 0 heterocycles. The Morgan fingerprint density at radius 3 is 2.71 bits per heavy atom. The molecule has 0 amide bonds. The van der Waals surface area contributed by atoms with Gasteiger partial charge in [0.15, 0.2) is 17.5 Å². The minimum absolute atomic E-state index is 0. The summed E-state index contributed by atoms with van der Waals surface area (Å²) in [4.78, 5) is 4.18. The van der Waals surface area contributed by atoms with E-state index in [4.69, 9.17) is 10.5 Å². The lowest BCUT2D eigenvalue weighted by Crippen LogP contribution is -2.32. The molecule has 0 fully saturated rings. The zero-order valence-electron chi connectivity index (χ0n) is 12.9. The van der Waals surface area contributed by atoms with Gasteiger partial charge in [-0.05, 0) is 37.0 Å². The van der Waals surface area contributed by atoms with Crippen LogP contribution in [0.25, 0.3) is 0 Å². The average molecular weight is 409 g/mol. The number of halogens is 2. The highest BCUT2D eigenvalue weighted by Crippen LogP contribution is 2.18. The van der Waals surface area contributed by atoms with E-state index < -0.39 is 0 Å². The highest BCUT2D eigenvalue weighted by molar-refractivity contribution is 14.0. The van der Waals surface area contributed by atoms with Gasteiger partial charge in [0.1, 0.15) is 0 Å². The molecule has 0 radical (unpaired) electrons. The molecule has 3 N–H and O–H groups in total. The summed E-state index contributed by atoms with van der Waals surface area (Å²) < 4.78 is 18.8. The summed E-state index contributed by atoms with van der Waals surface area (Å²) in [6.45, 7) is 7.71.